The second kappa shape index (κ2) is 14.6. The lowest BCUT2D eigenvalue weighted by Crippen LogP contribution is -2.42. The first kappa shape index (κ1) is 35.7. The van der Waals surface area contributed by atoms with E-state index in [1.54, 1.807) is 26.8 Å². The van der Waals surface area contributed by atoms with Crippen molar-refractivity contribution in [1.82, 2.24) is 15.3 Å². The van der Waals surface area contributed by atoms with Crippen molar-refractivity contribution in [1.29, 1.82) is 0 Å². The maximum Gasteiger partial charge on any atom is 0.407 e. The summed E-state index contributed by atoms with van der Waals surface area (Å²) in [5.41, 5.74) is 2.57. The molecule has 1 aromatic heterocycles. The Morgan fingerprint density at radius 1 is 0.956 bits per heavy atom. The average molecular weight is 663 g/mol. The quantitative estimate of drug-likeness (QED) is 0.228. The molecule has 0 fully saturated rings. The van der Waals surface area contributed by atoms with Gasteiger partial charge in [0.2, 0.25) is 11.8 Å². The van der Waals surface area contributed by atoms with Gasteiger partial charge in [0.15, 0.2) is 0 Å². The molecule has 0 spiro atoms. The van der Waals surface area contributed by atoms with E-state index >= 15 is 0 Å². The fourth-order valence-corrected chi connectivity index (χ4v) is 6.25. The molecular formula is C31H42N4O8S2. The molecule has 3 rings (SSSR count). The molecule has 0 saturated heterocycles. The van der Waals surface area contributed by atoms with Crippen LogP contribution >= 0.6 is 0 Å². The minimum Gasteiger partial charge on any atom is -0.475 e. The summed E-state index contributed by atoms with van der Waals surface area (Å²) in [4.78, 5) is 21.2. The van der Waals surface area contributed by atoms with Crippen molar-refractivity contribution in [2.75, 3.05) is 18.4 Å². The largest absolute Gasteiger partial charge is 0.475 e. The summed E-state index contributed by atoms with van der Waals surface area (Å²) < 4.78 is 69.1. The van der Waals surface area contributed by atoms with Crippen molar-refractivity contribution in [3.8, 4) is 17.1 Å². The topological polar surface area (TPSA) is 163 Å². The zero-order valence-corrected chi connectivity index (χ0v) is 28.5. The highest BCUT2D eigenvalue weighted by atomic mass is 32.2. The lowest BCUT2D eigenvalue weighted by atomic mass is 10.00. The molecule has 1 unspecified atom stereocenters. The van der Waals surface area contributed by atoms with Gasteiger partial charge in [0, 0.05) is 11.6 Å². The molecule has 12 nitrogen and oxygen atoms in total. The van der Waals surface area contributed by atoms with Crippen molar-refractivity contribution in [2.24, 2.45) is 5.92 Å². The van der Waals surface area contributed by atoms with Gasteiger partial charge in [0.05, 0.1) is 23.7 Å². The lowest BCUT2D eigenvalue weighted by Gasteiger charge is -2.24. The van der Waals surface area contributed by atoms with Crippen LogP contribution in [-0.4, -0.2) is 58.3 Å². The molecule has 246 valence electrons. The van der Waals surface area contributed by atoms with Crippen LogP contribution in [-0.2, 0) is 34.8 Å². The molecule has 0 aliphatic carbocycles. The van der Waals surface area contributed by atoms with Crippen LogP contribution in [0.5, 0.6) is 5.88 Å². The number of anilines is 1. The van der Waals surface area contributed by atoms with Crippen LogP contribution in [0.4, 0.5) is 10.7 Å². The van der Waals surface area contributed by atoms with E-state index in [9.17, 15) is 21.6 Å². The van der Waals surface area contributed by atoms with E-state index < -0.39 is 43.6 Å². The Hall–Kier alpha value is -3.75. The second-order valence-corrected chi connectivity index (χ2v) is 15.5. The van der Waals surface area contributed by atoms with Crippen LogP contribution in [0.3, 0.4) is 0 Å². The number of aromatic nitrogens is 2. The van der Waals surface area contributed by atoms with Crippen LogP contribution in [0.2, 0.25) is 0 Å². The third kappa shape index (κ3) is 11.0. The number of carbonyl (C=O) groups excluding carboxylic acids is 1. The number of ether oxygens (including phenoxy) is 2. The predicted octanol–water partition coefficient (Wildman–Crippen LogP) is 5.36. The van der Waals surface area contributed by atoms with Gasteiger partial charge in [-0.3, -0.25) is 4.18 Å². The van der Waals surface area contributed by atoms with E-state index in [0.29, 0.717) is 12.1 Å². The zero-order valence-electron chi connectivity index (χ0n) is 26.9. The Balaban J connectivity index is 1.98. The van der Waals surface area contributed by atoms with Crippen LogP contribution in [0.25, 0.3) is 11.3 Å². The first-order chi connectivity index (χ1) is 20.9. The number of sulfonamides is 1. The molecule has 1 heterocycles. The SMILES string of the molecule is COS(=O)(=O)Cc1cccc(S(=O)(=O)Nc2nc(OCC(CC(C)C)NC(=O)OC(C)(C)C)cc(-c3c(C)cccc3C)n2)c1. The molecule has 0 saturated carbocycles. The van der Waals surface area contributed by atoms with Crippen LogP contribution in [0.15, 0.2) is 53.4 Å². The molecule has 0 radical (unpaired) electrons. The number of benzene rings is 2. The Kier molecular flexibility index (Phi) is 11.6. The zero-order chi connectivity index (χ0) is 33.6. The number of hydrogen-bond donors (Lipinski definition) is 2. The smallest absolute Gasteiger partial charge is 0.407 e. The Bertz CT molecular complexity index is 1700. The lowest BCUT2D eigenvalue weighted by molar-refractivity contribution is 0.0479. The maximum absolute atomic E-state index is 13.4. The molecule has 0 aliphatic rings. The van der Waals surface area contributed by atoms with Gasteiger partial charge < -0.3 is 14.8 Å². The first-order valence-corrected chi connectivity index (χ1v) is 17.4. The van der Waals surface area contributed by atoms with Gasteiger partial charge in [0.1, 0.15) is 18.0 Å². The van der Waals surface area contributed by atoms with E-state index in [-0.39, 0.29) is 34.8 Å². The monoisotopic (exact) mass is 662 g/mol. The minimum atomic E-state index is -4.25. The summed E-state index contributed by atoms with van der Waals surface area (Å²) >= 11 is 0. The van der Waals surface area contributed by atoms with Crippen LogP contribution < -0.4 is 14.8 Å². The van der Waals surface area contributed by atoms with Gasteiger partial charge in [-0.15, -0.1) is 0 Å². The molecule has 1 amide bonds. The standard InChI is InChI=1S/C31H42N4O8S2/c1-20(2)15-24(32-30(36)43-31(5,6)7)18-42-27-17-26(28-21(3)11-9-12-22(28)4)33-29(34-27)35-45(39,40)25-14-10-13-23(16-25)19-44(37,38)41-8/h9-14,16-17,20,24H,15,18-19H2,1-8H3,(H,32,36)(H,33,34,35). The molecule has 2 aromatic carbocycles. The first-order valence-electron chi connectivity index (χ1n) is 14.4. The summed E-state index contributed by atoms with van der Waals surface area (Å²) in [6.07, 6.45) is 0.00698. The van der Waals surface area contributed by atoms with Gasteiger partial charge in [-0.05, 0) is 75.8 Å². The molecule has 3 aromatic rings. The second-order valence-electron chi connectivity index (χ2n) is 12.1. The van der Waals surface area contributed by atoms with Crippen molar-refractivity contribution < 1.29 is 35.3 Å². The fourth-order valence-electron chi connectivity index (χ4n) is 4.53. The van der Waals surface area contributed by atoms with E-state index in [0.717, 1.165) is 23.8 Å². The summed E-state index contributed by atoms with van der Waals surface area (Å²) in [5.74, 6) is -0.445. The summed E-state index contributed by atoms with van der Waals surface area (Å²) in [5, 5.41) is 2.85. The van der Waals surface area contributed by atoms with Crippen LogP contribution in [0.1, 0.15) is 57.7 Å². The van der Waals surface area contributed by atoms with Gasteiger partial charge in [-0.2, -0.15) is 13.4 Å². The van der Waals surface area contributed by atoms with Crippen molar-refractivity contribution >= 4 is 32.2 Å². The number of hydrogen-bond acceptors (Lipinski definition) is 10. The number of amides is 1. The molecule has 0 aliphatic heterocycles. The number of nitrogens with zero attached hydrogens (tertiary/aromatic N) is 2. The van der Waals surface area contributed by atoms with E-state index in [1.807, 2.05) is 45.9 Å². The third-order valence-corrected chi connectivity index (χ3v) is 8.90. The highest BCUT2D eigenvalue weighted by molar-refractivity contribution is 7.92. The number of alkyl carbamates (subject to hydrolysis) is 1. The summed E-state index contributed by atoms with van der Waals surface area (Å²) in [7, 11) is -7.09. The molecule has 45 heavy (non-hydrogen) atoms. The maximum atomic E-state index is 13.4. The number of carbonyl (C=O) groups is 1. The molecule has 14 heteroatoms. The van der Waals surface area contributed by atoms with Crippen molar-refractivity contribution in [3.05, 3.63) is 65.2 Å². The number of nitrogens with one attached hydrogen (secondary N) is 2. The molecule has 0 bridgehead atoms. The van der Waals surface area contributed by atoms with Gasteiger partial charge in [-0.25, -0.2) is 22.9 Å². The molecule has 1 atom stereocenters. The van der Waals surface area contributed by atoms with E-state index in [1.165, 1.54) is 24.3 Å². The Morgan fingerprint density at radius 2 is 1.60 bits per heavy atom. The normalized spacial score (nSPS) is 12.9. The highest BCUT2D eigenvalue weighted by Gasteiger charge is 2.23. The Labute approximate surface area is 266 Å². The summed E-state index contributed by atoms with van der Waals surface area (Å²) in [6, 6.07) is 12.4. The number of rotatable bonds is 13. The van der Waals surface area contributed by atoms with Crippen molar-refractivity contribution in [3.63, 3.8) is 0 Å². The molecular weight excluding hydrogens is 620 g/mol. The third-order valence-electron chi connectivity index (χ3n) is 6.38. The van der Waals surface area contributed by atoms with Gasteiger partial charge in [0.25, 0.3) is 20.1 Å². The van der Waals surface area contributed by atoms with Crippen molar-refractivity contribution in [2.45, 2.75) is 77.2 Å². The molecule has 2 N–H and O–H groups in total. The fraction of sp³-hybridized carbons (Fsp3) is 0.452. The predicted molar refractivity (Wildman–Crippen MR) is 172 cm³/mol. The Morgan fingerprint density at radius 3 is 2.20 bits per heavy atom. The summed E-state index contributed by atoms with van der Waals surface area (Å²) in [6.45, 7) is 13.2. The van der Waals surface area contributed by atoms with Gasteiger partial charge in [-0.1, -0.05) is 44.2 Å². The van der Waals surface area contributed by atoms with Crippen LogP contribution in [0, 0.1) is 19.8 Å². The average Bonchev–Trinajstić information content (AvgIpc) is 2.90. The minimum absolute atomic E-state index is 0.0306. The highest BCUT2D eigenvalue weighted by Crippen LogP contribution is 2.29. The van der Waals surface area contributed by atoms with Gasteiger partial charge >= 0.3 is 6.09 Å². The van der Waals surface area contributed by atoms with E-state index in [2.05, 4.69) is 24.2 Å². The van der Waals surface area contributed by atoms with E-state index in [4.69, 9.17) is 9.47 Å². The number of aryl methyl sites for hydroxylation is 2.